The summed E-state index contributed by atoms with van der Waals surface area (Å²) in [6, 6.07) is 5.15. The summed E-state index contributed by atoms with van der Waals surface area (Å²) in [6.45, 7) is 6.77. The van der Waals surface area contributed by atoms with Gasteiger partial charge in [0.2, 0.25) is 5.95 Å². The molecule has 10 heteroatoms. The van der Waals surface area contributed by atoms with Gasteiger partial charge in [-0.05, 0) is 24.7 Å². The van der Waals surface area contributed by atoms with Crippen molar-refractivity contribution >= 4 is 23.3 Å². The van der Waals surface area contributed by atoms with Gasteiger partial charge < -0.3 is 27.1 Å². The number of nitrogens with one attached hydrogen (secondary N) is 2. The standard InChI is InChI=1S/C13H12N6O2.CN.Y/c1-2-21-12(20)11-6-15-13-18-17-9-4-3-8(16-7-14)5-10(9)19(11)13;1-2;/h3-6,14,17H,2H2,1H3,(H,15,18,20);;/q;-1;/p-1. The van der Waals surface area contributed by atoms with Gasteiger partial charge in [-0.3, -0.25) is 15.4 Å². The normalized spacial score (nSPS) is 9.92. The van der Waals surface area contributed by atoms with E-state index in [0.29, 0.717) is 23.0 Å². The largest absolute Gasteiger partial charge is 0.512 e. The molecule has 0 saturated heterocycles. The molecule has 0 unspecified atom stereocenters. The van der Waals surface area contributed by atoms with Gasteiger partial charge in [0.15, 0.2) is 5.69 Å². The molecule has 2 heterocycles. The Morgan fingerprint density at radius 1 is 1.46 bits per heavy atom. The molecule has 0 spiro atoms. The Bertz CT molecular complexity index is 794. The van der Waals surface area contributed by atoms with Gasteiger partial charge in [-0.25, -0.2) is 9.78 Å². The van der Waals surface area contributed by atoms with Crippen LogP contribution in [0.1, 0.15) is 17.4 Å². The molecular weight excluding hydrogens is 387 g/mol. The molecule has 0 bridgehead atoms. The van der Waals surface area contributed by atoms with Gasteiger partial charge in [-0.2, -0.15) is 0 Å². The Morgan fingerprint density at radius 2 is 2.21 bits per heavy atom. The minimum Gasteiger partial charge on any atom is -0.512 e. The summed E-state index contributed by atoms with van der Waals surface area (Å²) in [5.74, 6) is -0.00631. The molecule has 3 rings (SSSR count). The number of nitrogens with zero attached hydrogens (tertiary/aromatic N) is 5. The third-order valence-electron chi connectivity index (χ3n) is 2.96. The van der Waals surface area contributed by atoms with Crippen molar-refractivity contribution in [3.63, 3.8) is 0 Å². The second kappa shape index (κ2) is 8.87. The van der Waals surface area contributed by atoms with Crippen LogP contribution >= 0.6 is 0 Å². The van der Waals surface area contributed by atoms with Gasteiger partial charge in [0.25, 0.3) is 0 Å². The van der Waals surface area contributed by atoms with Gasteiger partial charge in [0.05, 0.1) is 24.2 Å². The fraction of sp³-hybridized carbons (Fsp3) is 0.143. The maximum Gasteiger partial charge on any atom is 0.357 e. The quantitative estimate of drug-likeness (QED) is 0.461. The fourth-order valence-corrected chi connectivity index (χ4v) is 2.09. The van der Waals surface area contributed by atoms with Crippen LogP contribution in [-0.2, 0) is 37.4 Å². The van der Waals surface area contributed by atoms with Crippen LogP contribution in [0.5, 0.6) is 0 Å². The van der Waals surface area contributed by atoms with E-state index in [2.05, 4.69) is 21.2 Å². The zero-order valence-corrected chi connectivity index (χ0v) is 15.5. The van der Waals surface area contributed by atoms with Crippen molar-refractivity contribution in [2.24, 2.45) is 0 Å². The number of aromatic nitrogens is 2. The number of esters is 1. The molecule has 2 aromatic rings. The minimum absolute atomic E-state index is 0. The smallest absolute Gasteiger partial charge is 0.357 e. The van der Waals surface area contributed by atoms with Gasteiger partial charge in [-0.1, -0.05) is 12.3 Å². The third kappa shape index (κ3) is 3.65. The molecule has 24 heavy (non-hydrogen) atoms. The van der Waals surface area contributed by atoms with E-state index in [1.165, 1.54) is 6.20 Å². The summed E-state index contributed by atoms with van der Waals surface area (Å²) in [7, 11) is 0. The van der Waals surface area contributed by atoms with Gasteiger partial charge >= 0.3 is 5.97 Å². The molecule has 2 N–H and O–H groups in total. The first kappa shape index (κ1) is 19.4. The summed E-state index contributed by atoms with van der Waals surface area (Å²) in [5.41, 5.74) is 8.05. The predicted molar refractivity (Wildman–Crippen MR) is 80.4 cm³/mol. The number of ether oxygens (including phenoxy) is 1. The van der Waals surface area contributed by atoms with E-state index in [1.807, 2.05) is 0 Å². The first-order valence-corrected chi connectivity index (χ1v) is 6.48. The molecule has 1 aromatic heterocycles. The van der Waals surface area contributed by atoms with E-state index in [-0.39, 0.29) is 39.3 Å². The number of carbonyl (C=O) groups excluding carboxylic acids is 1. The van der Waals surface area contributed by atoms with Crippen LogP contribution in [-0.4, -0.2) is 22.1 Å². The van der Waals surface area contributed by atoms with Crippen molar-refractivity contribution in [2.75, 3.05) is 17.5 Å². The summed E-state index contributed by atoms with van der Waals surface area (Å²) in [6.07, 6.45) is 3.17. The van der Waals surface area contributed by atoms with Crippen molar-refractivity contribution in [3.05, 3.63) is 42.0 Å². The second-order valence-electron chi connectivity index (χ2n) is 4.19. The van der Waals surface area contributed by atoms with Crippen LogP contribution in [0.15, 0.2) is 24.4 Å². The first-order valence-electron chi connectivity index (χ1n) is 6.48. The number of hydrogen-bond donors (Lipinski definition) is 2. The Labute approximate surface area is 163 Å². The van der Waals surface area contributed by atoms with Gasteiger partial charge in [-0.15, -0.1) is 0 Å². The molecule has 0 aliphatic carbocycles. The number of anilines is 2. The first-order chi connectivity index (χ1) is 11.2. The summed E-state index contributed by atoms with van der Waals surface area (Å²) < 4.78 is 6.65. The van der Waals surface area contributed by atoms with E-state index in [4.69, 9.17) is 21.8 Å². The number of imidazole rings is 1. The zero-order chi connectivity index (χ0) is 16.8. The number of hydrazine groups is 1. The maximum absolute atomic E-state index is 12.0. The van der Waals surface area contributed by atoms with Crippen molar-refractivity contribution < 1.29 is 42.2 Å². The van der Waals surface area contributed by atoms with E-state index >= 15 is 0 Å². The maximum atomic E-state index is 12.0. The molecule has 0 atom stereocenters. The molecule has 9 nitrogen and oxygen atoms in total. The molecule has 1 aliphatic rings. The van der Waals surface area contributed by atoms with Crippen LogP contribution in [0.25, 0.3) is 11.0 Å². The Hall–Kier alpha value is -2.62. The molecule has 0 amide bonds. The summed E-state index contributed by atoms with van der Waals surface area (Å²) in [5, 5.41) is 18.6. The Kier molecular flexibility index (Phi) is 7.18. The molecule has 1 radical (unpaired) electrons. The minimum atomic E-state index is -0.464. The number of hydrogen-bond acceptors (Lipinski definition) is 7. The van der Waals surface area contributed by atoms with Crippen LogP contribution < -0.4 is 10.9 Å². The summed E-state index contributed by atoms with van der Waals surface area (Å²) in [4.78, 5) is 16.1. The molecule has 0 fully saturated rings. The predicted octanol–water partition coefficient (Wildman–Crippen LogP) is 2.38. The van der Waals surface area contributed by atoms with E-state index < -0.39 is 5.97 Å². The van der Waals surface area contributed by atoms with Gasteiger partial charge in [0, 0.05) is 32.7 Å². The van der Waals surface area contributed by atoms with Crippen LogP contribution in [0.4, 0.5) is 17.3 Å². The van der Waals surface area contributed by atoms with Crippen molar-refractivity contribution in [2.45, 2.75) is 6.92 Å². The van der Waals surface area contributed by atoms with Crippen molar-refractivity contribution in [3.8, 4) is 11.9 Å². The number of rotatable bonds is 3. The number of fused-ring (bicyclic) bond motifs is 3. The second-order valence-corrected chi connectivity index (χ2v) is 4.19. The van der Waals surface area contributed by atoms with Crippen molar-refractivity contribution in [1.82, 2.24) is 9.55 Å². The van der Waals surface area contributed by atoms with Crippen molar-refractivity contribution in [1.29, 1.82) is 10.5 Å². The van der Waals surface area contributed by atoms with E-state index in [1.54, 1.807) is 35.9 Å². The monoisotopic (exact) mass is 398 g/mol. The van der Waals surface area contributed by atoms with E-state index in [9.17, 15) is 4.79 Å². The average Bonchev–Trinajstić information content (AvgIpc) is 3.02. The topological polar surface area (TPSA) is 130 Å². The zero-order valence-electron chi connectivity index (χ0n) is 12.6. The molecule has 0 saturated carbocycles. The van der Waals surface area contributed by atoms with Gasteiger partial charge in [0.1, 0.15) is 0 Å². The molecular formula is C14H11N7O2Y-2. The fourth-order valence-electron chi connectivity index (χ4n) is 2.09. The summed E-state index contributed by atoms with van der Waals surface area (Å²) >= 11 is 0. The van der Waals surface area contributed by atoms with Crippen LogP contribution in [0, 0.1) is 23.3 Å². The third-order valence-corrected chi connectivity index (χ3v) is 2.96. The number of benzene rings is 1. The van der Waals surface area contributed by atoms with E-state index in [0.717, 1.165) is 5.69 Å². The SMILES string of the molecule is CCOC(=O)c1cnc2n1-c1cc([N-]C#N)ccc1NN2.[C-]#N.[Y]. The molecule has 1 aliphatic heterocycles. The average molecular weight is 398 g/mol. The van der Waals surface area contributed by atoms with Crippen LogP contribution in [0.2, 0.25) is 0 Å². The molecule has 1 aromatic carbocycles. The Morgan fingerprint density at radius 3 is 2.88 bits per heavy atom. The Balaban J connectivity index is 0.000000925. The molecule has 119 valence electrons. The number of nitriles is 1. The van der Waals surface area contributed by atoms with Crippen LogP contribution in [0.3, 0.4) is 0 Å². The number of carbonyl (C=O) groups is 1.